The summed E-state index contributed by atoms with van der Waals surface area (Å²) in [5.74, 6) is 1.02. The van der Waals surface area contributed by atoms with Crippen molar-refractivity contribution in [2.75, 3.05) is 0 Å². The van der Waals surface area contributed by atoms with Gasteiger partial charge in [0, 0.05) is 10.4 Å². The summed E-state index contributed by atoms with van der Waals surface area (Å²) in [5, 5.41) is 1.03. The van der Waals surface area contributed by atoms with Crippen LogP contribution in [-0.4, -0.2) is 5.38 Å². The van der Waals surface area contributed by atoms with Gasteiger partial charge in [0.2, 0.25) is 0 Å². The molecule has 0 fully saturated rings. The van der Waals surface area contributed by atoms with E-state index in [0.29, 0.717) is 11.8 Å². The van der Waals surface area contributed by atoms with Gasteiger partial charge in [0.25, 0.3) is 0 Å². The Morgan fingerprint density at radius 2 is 1.60 bits per heavy atom. The van der Waals surface area contributed by atoms with E-state index in [1.54, 1.807) is 0 Å². The van der Waals surface area contributed by atoms with Crippen molar-refractivity contribution >= 4 is 23.2 Å². The Hall–Kier alpha value is -0.200. The summed E-state index contributed by atoms with van der Waals surface area (Å²) in [6.07, 6.45) is 1.02. The van der Waals surface area contributed by atoms with Crippen LogP contribution in [0, 0.1) is 11.8 Å². The molecule has 0 aromatic heterocycles. The van der Waals surface area contributed by atoms with Crippen LogP contribution in [0.5, 0.6) is 0 Å². The fourth-order valence-corrected chi connectivity index (χ4v) is 1.98. The van der Waals surface area contributed by atoms with Crippen LogP contribution >= 0.6 is 23.2 Å². The van der Waals surface area contributed by atoms with Crippen molar-refractivity contribution in [1.29, 1.82) is 0 Å². The third-order valence-corrected chi connectivity index (χ3v) is 3.84. The highest BCUT2D eigenvalue weighted by Gasteiger charge is 2.18. The normalized spacial score (nSPS) is 15.3. The van der Waals surface area contributed by atoms with Crippen LogP contribution in [0.4, 0.5) is 0 Å². The second kappa shape index (κ2) is 5.77. The van der Waals surface area contributed by atoms with Gasteiger partial charge in [-0.05, 0) is 36.0 Å². The quantitative estimate of drug-likeness (QED) is 0.669. The third-order valence-electron chi connectivity index (χ3n) is 2.65. The molecule has 1 aromatic carbocycles. The van der Waals surface area contributed by atoms with Crippen LogP contribution in [0.3, 0.4) is 0 Å². The van der Waals surface area contributed by atoms with Crippen molar-refractivity contribution in [2.24, 2.45) is 11.8 Å². The van der Waals surface area contributed by atoms with E-state index in [2.05, 4.69) is 32.9 Å². The van der Waals surface area contributed by atoms with Gasteiger partial charge >= 0.3 is 0 Å². The molecule has 0 aliphatic rings. The zero-order valence-electron chi connectivity index (χ0n) is 9.50. The molecule has 0 bridgehead atoms. The minimum atomic E-state index is 0.237. The SMILES string of the molecule is CC(C)C(Cl)C(C)Cc1ccc(Cl)cc1. The van der Waals surface area contributed by atoms with Gasteiger partial charge in [0.15, 0.2) is 0 Å². The molecule has 0 nitrogen and oxygen atoms in total. The van der Waals surface area contributed by atoms with Gasteiger partial charge in [-0.25, -0.2) is 0 Å². The van der Waals surface area contributed by atoms with Crippen LogP contribution in [0.25, 0.3) is 0 Å². The average Bonchev–Trinajstić information content (AvgIpc) is 2.20. The Labute approximate surface area is 103 Å². The first-order valence-electron chi connectivity index (χ1n) is 5.39. The minimum absolute atomic E-state index is 0.237. The zero-order chi connectivity index (χ0) is 11.4. The van der Waals surface area contributed by atoms with Crippen LogP contribution in [0.15, 0.2) is 24.3 Å². The van der Waals surface area contributed by atoms with E-state index in [1.165, 1.54) is 5.56 Å². The van der Waals surface area contributed by atoms with Crippen molar-refractivity contribution in [3.63, 3.8) is 0 Å². The monoisotopic (exact) mass is 244 g/mol. The average molecular weight is 245 g/mol. The maximum atomic E-state index is 6.32. The van der Waals surface area contributed by atoms with Gasteiger partial charge in [0.1, 0.15) is 0 Å². The first-order chi connectivity index (χ1) is 7.00. The van der Waals surface area contributed by atoms with Gasteiger partial charge in [0.05, 0.1) is 0 Å². The summed E-state index contributed by atoms with van der Waals surface area (Å²) in [6.45, 7) is 6.53. The highest BCUT2D eigenvalue weighted by Crippen LogP contribution is 2.23. The van der Waals surface area contributed by atoms with Crippen molar-refractivity contribution in [3.05, 3.63) is 34.9 Å². The Morgan fingerprint density at radius 1 is 1.07 bits per heavy atom. The summed E-state index contributed by atoms with van der Waals surface area (Å²) in [4.78, 5) is 0. The van der Waals surface area contributed by atoms with Crippen molar-refractivity contribution < 1.29 is 0 Å². The van der Waals surface area contributed by atoms with Crippen LogP contribution in [-0.2, 0) is 6.42 Å². The molecule has 0 aliphatic carbocycles. The lowest BCUT2D eigenvalue weighted by atomic mass is 9.92. The Balaban J connectivity index is 2.58. The molecule has 2 unspecified atom stereocenters. The van der Waals surface area contributed by atoms with Crippen LogP contribution in [0.2, 0.25) is 5.02 Å². The van der Waals surface area contributed by atoms with Gasteiger partial charge in [-0.2, -0.15) is 0 Å². The molecular weight excluding hydrogens is 227 g/mol. The number of rotatable bonds is 4. The standard InChI is InChI=1S/C13H18Cl2/c1-9(2)13(15)10(3)8-11-4-6-12(14)7-5-11/h4-7,9-10,13H,8H2,1-3H3. The molecule has 15 heavy (non-hydrogen) atoms. The highest BCUT2D eigenvalue weighted by molar-refractivity contribution is 6.30. The summed E-state index contributed by atoms with van der Waals surface area (Å²) in [7, 11) is 0. The van der Waals surface area contributed by atoms with Gasteiger partial charge in [-0.15, -0.1) is 11.6 Å². The predicted octanol–water partition coefficient (Wildman–Crippen LogP) is 4.78. The van der Waals surface area contributed by atoms with E-state index >= 15 is 0 Å². The van der Waals surface area contributed by atoms with E-state index in [-0.39, 0.29) is 5.38 Å². The molecule has 1 aromatic rings. The van der Waals surface area contributed by atoms with Gasteiger partial charge < -0.3 is 0 Å². The minimum Gasteiger partial charge on any atom is -0.122 e. The largest absolute Gasteiger partial charge is 0.122 e. The second-order valence-electron chi connectivity index (χ2n) is 4.50. The molecular formula is C13H18Cl2. The summed E-state index contributed by atoms with van der Waals surface area (Å²) in [5.41, 5.74) is 1.30. The molecule has 0 spiro atoms. The number of hydrogen-bond donors (Lipinski definition) is 0. The molecule has 0 saturated carbocycles. The Kier molecular flexibility index (Phi) is 4.95. The van der Waals surface area contributed by atoms with Crippen LogP contribution in [0.1, 0.15) is 26.3 Å². The molecule has 0 amide bonds. The van der Waals surface area contributed by atoms with E-state index in [1.807, 2.05) is 12.1 Å². The molecule has 84 valence electrons. The van der Waals surface area contributed by atoms with Crippen molar-refractivity contribution in [3.8, 4) is 0 Å². The zero-order valence-corrected chi connectivity index (χ0v) is 11.0. The van der Waals surface area contributed by atoms with Crippen molar-refractivity contribution in [2.45, 2.75) is 32.6 Å². The fraction of sp³-hybridized carbons (Fsp3) is 0.538. The van der Waals surface area contributed by atoms with E-state index in [0.717, 1.165) is 11.4 Å². The van der Waals surface area contributed by atoms with E-state index < -0.39 is 0 Å². The maximum Gasteiger partial charge on any atom is 0.0406 e. The maximum absolute atomic E-state index is 6.32. The lowest BCUT2D eigenvalue weighted by Gasteiger charge is -2.21. The second-order valence-corrected chi connectivity index (χ2v) is 5.44. The lowest BCUT2D eigenvalue weighted by Crippen LogP contribution is -2.19. The number of hydrogen-bond acceptors (Lipinski definition) is 0. The van der Waals surface area contributed by atoms with Crippen LogP contribution < -0.4 is 0 Å². The number of halogens is 2. The third kappa shape index (κ3) is 4.04. The Morgan fingerprint density at radius 3 is 2.07 bits per heavy atom. The molecule has 0 heterocycles. The van der Waals surface area contributed by atoms with E-state index in [4.69, 9.17) is 23.2 Å². The molecule has 0 saturated heterocycles. The first kappa shape index (κ1) is 12.9. The molecule has 1 rings (SSSR count). The molecule has 2 atom stereocenters. The van der Waals surface area contributed by atoms with Crippen molar-refractivity contribution in [1.82, 2.24) is 0 Å². The van der Waals surface area contributed by atoms with Gasteiger partial charge in [-0.3, -0.25) is 0 Å². The molecule has 0 aliphatic heterocycles. The number of alkyl halides is 1. The summed E-state index contributed by atoms with van der Waals surface area (Å²) < 4.78 is 0. The fourth-order valence-electron chi connectivity index (χ4n) is 1.76. The predicted molar refractivity (Wildman–Crippen MR) is 68.8 cm³/mol. The topological polar surface area (TPSA) is 0 Å². The first-order valence-corrected chi connectivity index (χ1v) is 6.20. The highest BCUT2D eigenvalue weighted by atomic mass is 35.5. The molecule has 2 heteroatoms. The molecule has 0 N–H and O–H groups in total. The smallest absolute Gasteiger partial charge is 0.0406 e. The lowest BCUT2D eigenvalue weighted by molar-refractivity contribution is 0.447. The Bertz CT molecular complexity index is 290. The van der Waals surface area contributed by atoms with E-state index in [9.17, 15) is 0 Å². The van der Waals surface area contributed by atoms with Gasteiger partial charge in [-0.1, -0.05) is 44.5 Å². The summed E-state index contributed by atoms with van der Waals surface area (Å²) >= 11 is 12.2. The molecule has 0 radical (unpaired) electrons. The number of benzene rings is 1. The summed E-state index contributed by atoms with van der Waals surface area (Å²) in [6, 6.07) is 8.01.